The van der Waals surface area contributed by atoms with Gasteiger partial charge in [-0.1, -0.05) is 30.2 Å². The van der Waals surface area contributed by atoms with E-state index in [4.69, 9.17) is 0 Å². The lowest BCUT2D eigenvalue weighted by Crippen LogP contribution is -2.51. The number of thiazole rings is 1. The highest BCUT2D eigenvalue weighted by Gasteiger charge is 2.36. The number of piperazine rings is 1. The molecule has 228 valence electrons. The zero-order valence-corrected chi connectivity index (χ0v) is 25.8. The Bertz CT molecular complexity index is 1670. The fourth-order valence-corrected chi connectivity index (χ4v) is 7.57. The van der Waals surface area contributed by atoms with Crippen molar-refractivity contribution in [3.8, 4) is 10.4 Å². The summed E-state index contributed by atoms with van der Waals surface area (Å²) in [6.45, 7) is 4.69. The van der Waals surface area contributed by atoms with Crippen LogP contribution in [0.5, 0.6) is 0 Å². The highest BCUT2D eigenvalue weighted by atomic mass is 32.2. The minimum atomic E-state index is -3.90. The quantitative estimate of drug-likeness (QED) is 0.292. The molecule has 3 aliphatic rings. The summed E-state index contributed by atoms with van der Waals surface area (Å²) in [7, 11) is -2.55. The Kier molecular flexibility index (Phi) is 8.22. The summed E-state index contributed by atoms with van der Waals surface area (Å²) < 4.78 is 28.6. The van der Waals surface area contributed by atoms with Crippen LogP contribution in [0.4, 0.5) is 16.8 Å². The van der Waals surface area contributed by atoms with Gasteiger partial charge in [-0.15, -0.1) is 0 Å². The Labute approximate surface area is 254 Å². The van der Waals surface area contributed by atoms with E-state index in [1.165, 1.54) is 31.2 Å². The van der Waals surface area contributed by atoms with Gasteiger partial charge in [0.2, 0.25) is 15.9 Å². The van der Waals surface area contributed by atoms with Gasteiger partial charge in [0.05, 0.1) is 34.2 Å². The third-order valence-electron chi connectivity index (χ3n) is 8.13. The van der Waals surface area contributed by atoms with E-state index < -0.39 is 10.0 Å². The van der Waals surface area contributed by atoms with Crippen molar-refractivity contribution >= 4 is 49.9 Å². The monoisotopic (exact) mass is 625 g/mol. The van der Waals surface area contributed by atoms with Crippen LogP contribution in [0, 0.1) is 12.8 Å². The molecule has 2 fully saturated rings. The molecule has 6 rings (SSSR count). The second kappa shape index (κ2) is 11.9. The molecule has 1 aromatic carbocycles. The molecule has 3 N–H and O–H groups in total. The molecule has 1 saturated heterocycles. The number of aromatic nitrogens is 2. The lowest BCUT2D eigenvalue weighted by molar-refractivity contribution is -0.121. The zero-order chi connectivity index (χ0) is 30.3. The van der Waals surface area contributed by atoms with Crippen LogP contribution in [-0.4, -0.2) is 91.5 Å². The summed E-state index contributed by atoms with van der Waals surface area (Å²) in [5.74, 6) is 1.40. The molecule has 12 nitrogen and oxygen atoms in total. The maximum Gasteiger partial charge on any atom is 0.255 e. The summed E-state index contributed by atoms with van der Waals surface area (Å²) in [5, 5.41) is 13.0. The summed E-state index contributed by atoms with van der Waals surface area (Å²) in [5.41, 5.74) is 2.34. The Morgan fingerprint density at radius 2 is 1.91 bits per heavy atom. The van der Waals surface area contributed by atoms with Crippen molar-refractivity contribution in [2.45, 2.75) is 37.6 Å². The molecule has 3 aromatic rings. The SMILES string of the molecule is CNS(=O)(=O)c1cc(-c2sc(Nc3cccc(N4CCN(CCO)CC4=O)n3)nc2C)cc2c1C(=O)N(CCC1CC1)C2. The molecule has 2 amide bonds. The van der Waals surface area contributed by atoms with E-state index >= 15 is 0 Å². The van der Waals surface area contributed by atoms with Crippen LogP contribution < -0.4 is 14.9 Å². The fourth-order valence-electron chi connectivity index (χ4n) is 5.62. The third kappa shape index (κ3) is 6.15. The predicted molar refractivity (Wildman–Crippen MR) is 164 cm³/mol. The summed E-state index contributed by atoms with van der Waals surface area (Å²) in [6, 6.07) is 8.87. The normalized spacial score (nSPS) is 17.6. The van der Waals surface area contributed by atoms with Gasteiger partial charge in [-0.2, -0.15) is 0 Å². The van der Waals surface area contributed by atoms with E-state index in [9.17, 15) is 23.1 Å². The third-order valence-corrected chi connectivity index (χ3v) is 10.7. The van der Waals surface area contributed by atoms with E-state index in [1.807, 2.05) is 24.0 Å². The van der Waals surface area contributed by atoms with Crippen molar-refractivity contribution in [2.75, 3.05) is 56.6 Å². The van der Waals surface area contributed by atoms with Crippen molar-refractivity contribution in [3.05, 3.63) is 47.2 Å². The zero-order valence-electron chi connectivity index (χ0n) is 24.2. The van der Waals surface area contributed by atoms with Crippen LogP contribution in [0.1, 0.15) is 40.9 Å². The van der Waals surface area contributed by atoms with Crippen molar-refractivity contribution in [1.82, 2.24) is 24.5 Å². The first-order valence-corrected chi connectivity index (χ1v) is 16.7. The first-order valence-electron chi connectivity index (χ1n) is 14.4. The number of aliphatic hydroxyl groups is 1. The molecule has 2 aliphatic heterocycles. The van der Waals surface area contributed by atoms with Crippen LogP contribution in [0.3, 0.4) is 0 Å². The molecular formula is C29H35N7O5S2. The van der Waals surface area contributed by atoms with Gasteiger partial charge in [-0.25, -0.2) is 23.1 Å². The van der Waals surface area contributed by atoms with E-state index in [2.05, 4.69) is 20.0 Å². The lowest BCUT2D eigenvalue weighted by Gasteiger charge is -2.33. The van der Waals surface area contributed by atoms with Crippen LogP contribution >= 0.6 is 11.3 Å². The van der Waals surface area contributed by atoms with Crippen molar-refractivity contribution in [2.24, 2.45) is 5.92 Å². The van der Waals surface area contributed by atoms with E-state index in [0.29, 0.717) is 72.2 Å². The number of carbonyl (C=O) groups excluding carboxylic acids is 2. The van der Waals surface area contributed by atoms with Gasteiger partial charge in [-0.3, -0.25) is 19.4 Å². The number of carbonyl (C=O) groups is 2. The van der Waals surface area contributed by atoms with Crippen LogP contribution in [0.25, 0.3) is 10.4 Å². The molecule has 1 aliphatic carbocycles. The van der Waals surface area contributed by atoms with Crippen molar-refractivity contribution < 1.29 is 23.1 Å². The average molecular weight is 626 g/mol. The maximum absolute atomic E-state index is 13.3. The number of hydrogen-bond donors (Lipinski definition) is 3. The maximum atomic E-state index is 13.3. The van der Waals surface area contributed by atoms with E-state index in [-0.39, 0.29) is 35.4 Å². The number of aryl methyl sites for hydroxylation is 1. The minimum Gasteiger partial charge on any atom is -0.395 e. The van der Waals surface area contributed by atoms with Crippen LogP contribution in [-0.2, 0) is 21.4 Å². The van der Waals surface area contributed by atoms with Gasteiger partial charge in [0.1, 0.15) is 11.6 Å². The Balaban J connectivity index is 1.25. The summed E-state index contributed by atoms with van der Waals surface area (Å²) in [4.78, 5) is 41.4. The van der Waals surface area contributed by atoms with Gasteiger partial charge in [0, 0.05) is 32.7 Å². The molecule has 2 aromatic heterocycles. The molecule has 0 spiro atoms. The topological polar surface area (TPSA) is 148 Å². The predicted octanol–water partition coefficient (Wildman–Crippen LogP) is 2.56. The Morgan fingerprint density at radius 3 is 2.63 bits per heavy atom. The molecule has 0 unspecified atom stereocenters. The number of rotatable bonds is 11. The van der Waals surface area contributed by atoms with Crippen molar-refractivity contribution in [3.63, 3.8) is 0 Å². The van der Waals surface area contributed by atoms with Crippen molar-refractivity contribution in [1.29, 1.82) is 0 Å². The summed E-state index contributed by atoms with van der Waals surface area (Å²) in [6.07, 6.45) is 3.33. The Morgan fingerprint density at radius 1 is 1.09 bits per heavy atom. The Hall–Kier alpha value is -3.43. The van der Waals surface area contributed by atoms with Crippen LogP contribution in [0.15, 0.2) is 35.2 Å². The number of pyridine rings is 1. The van der Waals surface area contributed by atoms with Crippen LogP contribution in [0.2, 0.25) is 0 Å². The second-order valence-corrected chi connectivity index (χ2v) is 14.0. The second-order valence-electron chi connectivity index (χ2n) is 11.2. The fraction of sp³-hybridized carbons (Fsp3) is 0.448. The van der Waals surface area contributed by atoms with Gasteiger partial charge >= 0.3 is 0 Å². The van der Waals surface area contributed by atoms with Gasteiger partial charge < -0.3 is 15.3 Å². The molecule has 43 heavy (non-hydrogen) atoms. The molecular weight excluding hydrogens is 590 g/mol. The highest BCUT2D eigenvalue weighted by Crippen LogP contribution is 2.40. The molecule has 0 radical (unpaired) electrons. The number of fused-ring (bicyclic) bond motifs is 1. The number of sulfonamides is 1. The smallest absolute Gasteiger partial charge is 0.255 e. The number of nitrogens with one attached hydrogen (secondary N) is 2. The number of aliphatic hydroxyl groups excluding tert-OH is 1. The first kappa shape index (κ1) is 29.6. The lowest BCUT2D eigenvalue weighted by atomic mass is 10.0. The molecule has 1 saturated carbocycles. The van der Waals surface area contributed by atoms with Gasteiger partial charge in [0.15, 0.2) is 5.13 Å². The number of β-amino-alcohol motifs (C(OH)–C–C–N with tert-alkyl or cyclic N) is 1. The molecule has 0 bridgehead atoms. The standard InChI is InChI=1S/C29H35N7O5S2/c1-18-27(20-14-21-16-35(9-8-19-6-7-19)28(39)26(21)22(15-20)43(40,41)30-2)42-29(31-18)33-23-4-3-5-24(32-23)36-11-10-34(12-13-37)17-25(36)38/h3-5,14-15,19,30,37H,6-13,16-17H2,1-2H3,(H,31,32,33). The van der Waals surface area contributed by atoms with E-state index in [1.54, 1.807) is 28.0 Å². The summed E-state index contributed by atoms with van der Waals surface area (Å²) >= 11 is 1.36. The number of anilines is 3. The van der Waals surface area contributed by atoms with E-state index in [0.717, 1.165) is 11.3 Å². The van der Waals surface area contributed by atoms with Gasteiger partial charge in [0.25, 0.3) is 5.91 Å². The number of benzene rings is 1. The highest BCUT2D eigenvalue weighted by molar-refractivity contribution is 7.89. The molecule has 4 heterocycles. The number of nitrogens with zero attached hydrogens (tertiary/aromatic N) is 5. The average Bonchev–Trinajstić information content (AvgIpc) is 3.67. The molecule has 14 heteroatoms. The first-order chi connectivity index (χ1) is 20.7. The van der Waals surface area contributed by atoms with Gasteiger partial charge in [-0.05, 0) is 61.7 Å². The molecule has 0 atom stereocenters. The minimum absolute atomic E-state index is 0.00910. The largest absolute Gasteiger partial charge is 0.395 e. The number of amides is 2. The number of hydrogen-bond acceptors (Lipinski definition) is 10.